The van der Waals surface area contributed by atoms with Crippen molar-refractivity contribution in [3.05, 3.63) is 0 Å². The summed E-state index contributed by atoms with van der Waals surface area (Å²) in [6.07, 6.45) is 1.33. The lowest BCUT2D eigenvalue weighted by Crippen LogP contribution is -2.49. The van der Waals surface area contributed by atoms with Crippen LogP contribution in [0.1, 0.15) is 88.0 Å². The summed E-state index contributed by atoms with van der Waals surface area (Å²) in [4.78, 5) is 50.3. The molecule has 1 fully saturated rings. The summed E-state index contributed by atoms with van der Waals surface area (Å²) < 4.78 is 6.03. The van der Waals surface area contributed by atoms with Crippen molar-refractivity contribution in [1.82, 2.24) is 10.2 Å². The lowest BCUT2D eigenvalue weighted by molar-refractivity contribution is -0.140. The maximum Gasteiger partial charge on any atom is 0.233 e. The van der Waals surface area contributed by atoms with Crippen LogP contribution in [-0.4, -0.2) is 52.7 Å². The highest BCUT2D eigenvalue weighted by molar-refractivity contribution is 6.03. The van der Waals surface area contributed by atoms with Crippen molar-refractivity contribution in [1.29, 1.82) is 0 Å². The van der Waals surface area contributed by atoms with E-state index in [2.05, 4.69) is 5.32 Å². The number of imide groups is 1. The van der Waals surface area contributed by atoms with Gasteiger partial charge in [-0.3, -0.25) is 24.1 Å². The summed E-state index contributed by atoms with van der Waals surface area (Å²) in [6.45, 7) is 17.6. The van der Waals surface area contributed by atoms with Crippen LogP contribution in [0, 0.1) is 17.3 Å². The van der Waals surface area contributed by atoms with Crippen LogP contribution in [0.2, 0.25) is 0 Å². The summed E-state index contributed by atoms with van der Waals surface area (Å²) in [7, 11) is 0. The number of nitrogens with one attached hydrogen (secondary N) is 1. The van der Waals surface area contributed by atoms with E-state index in [1.165, 1.54) is 4.90 Å². The number of carbonyl (C=O) groups is 4. The molecule has 1 aliphatic heterocycles. The molecule has 7 nitrogen and oxygen atoms in total. The van der Waals surface area contributed by atoms with Crippen LogP contribution < -0.4 is 5.32 Å². The second kappa shape index (κ2) is 10.2. The first-order valence-electron chi connectivity index (χ1n) is 11.3. The molecule has 0 spiro atoms. The molecule has 0 saturated carbocycles. The van der Waals surface area contributed by atoms with Crippen LogP contribution in [0.5, 0.6) is 0 Å². The topological polar surface area (TPSA) is 92.8 Å². The van der Waals surface area contributed by atoms with E-state index in [1.54, 1.807) is 0 Å². The van der Waals surface area contributed by atoms with E-state index in [9.17, 15) is 19.2 Å². The molecule has 1 aliphatic rings. The predicted molar refractivity (Wildman–Crippen MR) is 120 cm³/mol. The minimum Gasteiger partial charge on any atom is -0.373 e. The van der Waals surface area contributed by atoms with Gasteiger partial charge in [0.05, 0.1) is 17.7 Å². The Kier molecular flexibility index (Phi) is 9.01. The standard InChI is InChI=1S/C24H42N2O5/c1-16(2)17-14-20(29)26(21(17)30)13-11-19(28)25-23(6,7)15-31-24(8,9)12-10-18(27)22(3,4)5/h16-17H,10-15H2,1-9H3,(H,25,28). The van der Waals surface area contributed by atoms with Gasteiger partial charge in [-0.1, -0.05) is 34.6 Å². The molecular weight excluding hydrogens is 396 g/mol. The third-order valence-corrected chi connectivity index (χ3v) is 5.74. The van der Waals surface area contributed by atoms with Gasteiger partial charge < -0.3 is 10.1 Å². The number of nitrogens with zero attached hydrogens (tertiary/aromatic N) is 1. The number of likely N-dealkylation sites (tertiary alicyclic amines) is 1. The number of carbonyl (C=O) groups excluding carboxylic acids is 4. The van der Waals surface area contributed by atoms with Gasteiger partial charge in [-0.05, 0) is 40.0 Å². The van der Waals surface area contributed by atoms with E-state index < -0.39 is 11.1 Å². The summed E-state index contributed by atoms with van der Waals surface area (Å²) >= 11 is 0. The smallest absolute Gasteiger partial charge is 0.233 e. The minimum absolute atomic E-state index is 0.0647. The Labute approximate surface area is 187 Å². The normalized spacial score (nSPS) is 18.1. The maximum absolute atomic E-state index is 12.4. The van der Waals surface area contributed by atoms with Gasteiger partial charge in [0.2, 0.25) is 17.7 Å². The number of ketones is 1. The zero-order valence-corrected chi connectivity index (χ0v) is 20.9. The molecule has 7 heteroatoms. The maximum atomic E-state index is 12.4. The van der Waals surface area contributed by atoms with Crippen molar-refractivity contribution in [3.8, 4) is 0 Å². The number of amides is 3. The minimum atomic E-state index is -0.623. The Balaban J connectivity index is 2.49. The van der Waals surface area contributed by atoms with Gasteiger partial charge in [-0.2, -0.15) is 0 Å². The van der Waals surface area contributed by atoms with Crippen LogP contribution in [0.4, 0.5) is 0 Å². The fraction of sp³-hybridized carbons (Fsp3) is 0.833. The lowest BCUT2D eigenvalue weighted by atomic mass is 9.86. The van der Waals surface area contributed by atoms with Crippen LogP contribution in [0.3, 0.4) is 0 Å². The molecule has 0 aromatic carbocycles. The number of hydrogen-bond acceptors (Lipinski definition) is 5. The highest BCUT2D eigenvalue weighted by atomic mass is 16.5. The quantitative estimate of drug-likeness (QED) is 0.499. The zero-order valence-electron chi connectivity index (χ0n) is 20.9. The van der Waals surface area contributed by atoms with E-state index in [-0.39, 0.29) is 66.7 Å². The summed E-state index contributed by atoms with van der Waals surface area (Å²) in [5.41, 5.74) is -1.48. The molecule has 0 aromatic rings. The second-order valence-electron chi connectivity index (χ2n) is 11.3. The fourth-order valence-corrected chi connectivity index (χ4v) is 3.39. The first-order chi connectivity index (χ1) is 13.9. The molecular formula is C24H42N2O5. The number of rotatable bonds is 11. The summed E-state index contributed by atoms with van der Waals surface area (Å²) in [5, 5.41) is 2.93. The zero-order chi connectivity index (χ0) is 24.2. The Morgan fingerprint density at radius 3 is 2.13 bits per heavy atom. The molecule has 0 bridgehead atoms. The average Bonchev–Trinajstić information content (AvgIpc) is 2.89. The van der Waals surface area contributed by atoms with Gasteiger partial charge in [0.15, 0.2) is 0 Å². The van der Waals surface area contributed by atoms with Crippen molar-refractivity contribution >= 4 is 23.5 Å². The predicted octanol–water partition coefficient (Wildman–Crippen LogP) is 3.49. The molecule has 0 radical (unpaired) electrons. The largest absolute Gasteiger partial charge is 0.373 e. The van der Waals surface area contributed by atoms with E-state index in [4.69, 9.17) is 4.74 Å². The van der Waals surface area contributed by atoms with Crippen molar-refractivity contribution in [2.24, 2.45) is 17.3 Å². The Bertz CT molecular complexity index is 689. The fourth-order valence-electron chi connectivity index (χ4n) is 3.39. The van der Waals surface area contributed by atoms with E-state index in [0.29, 0.717) is 12.8 Å². The van der Waals surface area contributed by atoms with Crippen molar-refractivity contribution in [2.45, 2.75) is 99.1 Å². The number of hydrogen-bond donors (Lipinski definition) is 1. The third kappa shape index (κ3) is 8.71. The van der Waals surface area contributed by atoms with Gasteiger partial charge in [-0.15, -0.1) is 0 Å². The van der Waals surface area contributed by atoms with Crippen LogP contribution in [0.25, 0.3) is 0 Å². The summed E-state index contributed by atoms with van der Waals surface area (Å²) in [6, 6.07) is 0. The Morgan fingerprint density at radius 1 is 1.06 bits per heavy atom. The van der Waals surface area contributed by atoms with E-state index in [0.717, 1.165) is 0 Å². The van der Waals surface area contributed by atoms with Crippen molar-refractivity contribution in [3.63, 3.8) is 0 Å². The molecule has 3 amide bonds. The average molecular weight is 439 g/mol. The number of Topliss-reactive ketones (excluding diaryl/α,β-unsaturated/α-hetero) is 1. The van der Waals surface area contributed by atoms with Crippen molar-refractivity contribution < 1.29 is 23.9 Å². The van der Waals surface area contributed by atoms with Crippen molar-refractivity contribution in [2.75, 3.05) is 13.2 Å². The molecule has 1 rings (SSSR count). The van der Waals surface area contributed by atoms with E-state index >= 15 is 0 Å². The molecule has 0 aliphatic carbocycles. The Hall–Kier alpha value is -1.76. The first kappa shape index (κ1) is 27.3. The molecule has 1 saturated heterocycles. The Morgan fingerprint density at radius 2 is 1.65 bits per heavy atom. The van der Waals surface area contributed by atoms with Gasteiger partial charge in [0.1, 0.15) is 5.78 Å². The van der Waals surface area contributed by atoms with Gasteiger partial charge in [-0.25, -0.2) is 0 Å². The highest BCUT2D eigenvalue weighted by Gasteiger charge is 2.40. The molecule has 178 valence electrons. The monoisotopic (exact) mass is 438 g/mol. The van der Waals surface area contributed by atoms with E-state index in [1.807, 2.05) is 62.3 Å². The number of ether oxygens (including phenoxy) is 1. The molecule has 31 heavy (non-hydrogen) atoms. The third-order valence-electron chi connectivity index (χ3n) is 5.74. The first-order valence-corrected chi connectivity index (χ1v) is 11.3. The van der Waals surface area contributed by atoms with Gasteiger partial charge >= 0.3 is 0 Å². The molecule has 1 atom stereocenters. The summed E-state index contributed by atoms with van der Waals surface area (Å²) in [5.74, 6) is -0.598. The van der Waals surface area contributed by atoms with Gasteiger partial charge in [0, 0.05) is 37.1 Å². The van der Waals surface area contributed by atoms with Crippen LogP contribution >= 0.6 is 0 Å². The molecule has 0 aromatic heterocycles. The second-order valence-corrected chi connectivity index (χ2v) is 11.3. The highest BCUT2D eigenvalue weighted by Crippen LogP contribution is 2.27. The molecule has 1 N–H and O–H groups in total. The lowest BCUT2D eigenvalue weighted by Gasteiger charge is -2.33. The SMILES string of the molecule is CC(C)C1CC(=O)N(CCC(=O)NC(C)(C)COC(C)(C)CCC(=O)C(C)(C)C)C1=O. The van der Waals surface area contributed by atoms with Crippen LogP contribution in [0.15, 0.2) is 0 Å². The van der Waals surface area contributed by atoms with Gasteiger partial charge in [0.25, 0.3) is 0 Å². The molecule has 1 unspecified atom stereocenters. The molecule has 1 heterocycles. The van der Waals surface area contributed by atoms with Crippen LogP contribution in [-0.2, 0) is 23.9 Å².